The van der Waals surface area contributed by atoms with Crippen LogP contribution in [0.4, 0.5) is 5.82 Å². The number of hydrogen-bond acceptors (Lipinski definition) is 5. The number of halogens is 1. The van der Waals surface area contributed by atoms with Crippen molar-refractivity contribution >= 4 is 35.0 Å². The number of nitrogens with one attached hydrogen (secondary N) is 2. The molecule has 0 fully saturated rings. The van der Waals surface area contributed by atoms with Gasteiger partial charge in [-0.05, 0) is 43.0 Å². The van der Waals surface area contributed by atoms with Crippen molar-refractivity contribution in [3.8, 4) is 0 Å². The number of allylic oxidation sites excluding steroid dienone is 2. The molecule has 5 nitrogen and oxygen atoms in total. The Morgan fingerprint density at radius 1 is 1.06 bits per heavy atom. The van der Waals surface area contributed by atoms with Crippen LogP contribution in [0.25, 0.3) is 0 Å². The van der Waals surface area contributed by atoms with Crippen LogP contribution in [-0.4, -0.2) is 15.8 Å². The third kappa shape index (κ3) is 4.00. The van der Waals surface area contributed by atoms with Crippen molar-refractivity contribution in [2.24, 2.45) is 0 Å². The number of aryl methyl sites for hydroxylation is 1. The molecule has 5 rings (SSSR count). The Balaban J connectivity index is 1.54. The molecule has 162 valence electrons. The van der Waals surface area contributed by atoms with Gasteiger partial charge < -0.3 is 10.3 Å². The lowest BCUT2D eigenvalue weighted by Gasteiger charge is -2.32. The Bertz CT molecular complexity index is 1280. The van der Waals surface area contributed by atoms with Gasteiger partial charge in [0.15, 0.2) is 10.9 Å². The molecule has 1 aliphatic heterocycles. The van der Waals surface area contributed by atoms with Gasteiger partial charge in [-0.1, -0.05) is 65.3 Å². The van der Waals surface area contributed by atoms with E-state index in [1.165, 1.54) is 17.3 Å². The van der Waals surface area contributed by atoms with Crippen molar-refractivity contribution in [3.05, 3.63) is 97.4 Å². The van der Waals surface area contributed by atoms with Crippen molar-refractivity contribution in [2.45, 2.75) is 43.0 Å². The minimum atomic E-state index is -0.446. The Hall–Kier alpha value is -2.83. The molecule has 2 heterocycles. The van der Waals surface area contributed by atoms with Gasteiger partial charge in [-0.3, -0.25) is 9.59 Å². The highest BCUT2D eigenvalue weighted by atomic mass is 35.5. The van der Waals surface area contributed by atoms with Gasteiger partial charge in [-0.25, -0.2) is 4.98 Å². The topological polar surface area (TPSA) is 74.8 Å². The quantitative estimate of drug-likeness (QED) is 0.389. The third-order valence-electron chi connectivity index (χ3n) is 5.94. The van der Waals surface area contributed by atoms with Crippen LogP contribution in [0.5, 0.6) is 0 Å². The summed E-state index contributed by atoms with van der Waals surface area (Å²) in [6, 6.07) is 15.7. The predicted molar refractivity (Wildman–Crippen MR) is 128 cm³/mol. The van der Waals surface area contributed by atoms with Gasteiger partial charge in [0.05, 0.1) is 5.56 Å². The molecule has 0 radical (unpaired) electrons. The van der Waals surface area contributed by atoms with Crippen molar-refractivity contribution < 1.29 is 4.79 Å². The molecular weight excluding hydrogens is 442 g/mol. The number of carbonyl (C=O) groups is 1. The summed E-state index contributed by atoms with van der Waals surface area (Å²) in [5, 5.41) is 4.49. The monoisotopic (exact) mass is 463 g/mol. The SMILES string of the molecule is Cc1ccc(CSc2nc3c(c(=O)[nH]2)C(c2ccc(Cl)cc2)C2=C(CCCC2=O)N3)cc1. The maximum absolute atomic E-state index is 13.3. The first-order chi connectivity index (χ1) is 15.5. The first-order valence-electron chi connectivity index (χ1n) is 10.6. The van der Waals surface area contributed by atoms with Crippen molar-refractivity contribution in [1.82, 2.24) is 9.97 Å². The summed E-state index contributed by atoms with van der Waals surface area (Å²) in [4.78, 5) is 33.8. The fourth-order valence-corrected chi connectivity index (χ4v) is 5.28. The second-order valence-corrected chi connectivity index (χ2v) is 9.59. The van der Waals surface area contributed by atoms with Crippen LogP contribution in [0.1, 0.15) is 47.4 Å². The first-order valence-corrected chi connectivity index (χ1v) is 12.0. The molecule has 3 aromatic rings. The summed E-state index contributed by atoms with van der Waals surface area (Å²) in [6.07, 6.45) is 2.06. The summed E-state index contributed by atoms with van der Waals surface area (Å²) < 4.78 is 0. The van der Waals surface area contributed by atoms with E-state index in [9.17, 15) is 9.59 Å². The van der Waals surface area contributed by atoms with Crippen molar-refractivity contribution in [2.75, 3.05) is 5.32 Å². The number of thioether (sulfide) groups is 1. The van der Waals surface area contributed by atoms with Gasteiger partial charge in [0.25, 0.3) is 5.56 Å². The van der Waals surface area contributed by atoms with E-state index in [0.29, 0.717) is 39.3 Å². The van der Waals surface area contributed by atoms with Gasteiger partial charge in [0, 0.05) is 34.4 Å². The molecule has 2 N–H and O–H groups in total. The first kappa shape index (κ1) is 21.0. The molecule has 0 saturated carbocycles. The lowest BCUT2D eigenvalue weighted by molar-refractivity contribution is -0.116. The van der Waals surface area contributed by atoms with E-state index in [4.69, 9.17) is 16.6 Å². The smallest absolute Gasteiger partial charge is 0.257 e. The van der Waals surface area contributed by atoms with Crippen LogP contribution < -0.4 is 10.9 Å². The van der Waals surface area contributed by atoms with Crippen LogP contribution in [0.2, 0.25) is 5.02 Å². The number of H-pyrrole nitrogens is 1. The number of fused-ring (bicyclic) bond motifs is 1. The zero-order valence-electron chi connectivity index (χ0n) is 17.6. The molecule has 7 heteroatoms. The Labute approximate surface area is 195 Å². The van der Waals surface area contributed by atoms with Crippen molar-refractivity contribution in [3.63, 3.8) is 0 Å². The molecule has 2 aliphatic rings. The van der Waals surface area contributed by atoms with Crippen molar-refractivity contribution in [1.29, 1.82) is 0 Å². The van der Waals surface area contributed by atoms with Gasteiger partial charge in [-0.15, -0.1) is 0 Å². The Morgan fingerprint density at radius 2 is 1.81 bits per heavy atom. The molecule has 0 spiro atoms. The molecule has 1 aliphatic carbocycles. The van der Waals surface area contributed by atoms with Crippen LogP contribution in [-0.2, 0) is 10.5 Å². The Kier molecular flexibility index (Phi) is 5.66. The third-order valence-corrected chi connectivity index (χ3v) is 7.13. The molecule has 0 amide bonds. The minimum absolute atomic E-state index is 0.0848. The molecule has 1 atom stereocenters. The largest absolute Gasteiger partial charge is 0.343 e. The molecular formula is C25H22ClN3O2S. The van der Waals surface area contributed by atoms with E-state index < -0.39 is 5.92 Å². The number of benzene rings is 2. The van der Waals surface area contributed by atoms with E-state index in [2.05, 4.69) is 41.5 Å². The van der Waals surface area contributed by atoms with Gasteiger partial charge in [0.1, 0.15) is 5.82 Å². The summed E-state index contributed by atoms with van der Waals surface area (Å²) in [7, 11) is 0. The summed E-state index contributed by atoms with van der Waals surface area (Å²) in [5.74, 6) is 0.878. The van der Waals surface area contributed by atoms with E-state index in [1.54, 1.807) is 12.1 Å². The fourth-order valence-electron chi connectivity index (χ4n) is 4.33. The normalized spacial score (nSPS) is 17.6. The highest BCUT2D eigenvalue weighted by molar-refractivity contribution is 7.98. The van der Waals surface area contributed by atoms with Crippen LogP contribution in [0.15, 0.2) is 69.8 Å². The molecule has 1 unspecified atom stereocenters. The zero-order valence-corrected chi connectivity index (χ0v) is 19.1. The molecule has 1 aromatic heterocycles. The fraction of sp³-hybridized carbons (Fsp3) is 0.240. The molecule has 0 bridgehead atoms. The van der Waals surface area contributed by atoms with E-state index in [-0.39, 0.29) is 11.3 Å². The molecule has 0 saturated heterocycles. The summed E-state index contributed by atoms with van der Waals surface area (Å²) in [6.45, 7) is 2.06. The average molecular weight is 464 g/mol. The minimum Gasteiger partial charge on any atom is -0.343 e. The zero-order chi connectivity index (χ0) is 22.2. The van der Waals surface area contributed by atoms with E-state index in [1.807, 2.05) is 12.1 Å². The van der Waals surface area contributed by atoms with Crippen LogP contribution >= 0.6 is 23.4 Å². The number of Topliss-reactive ketones (excluding diaryl/α,β-unsaturated/α-hetero) is 1. The van der Waals surface area contributed by atoms with Gasteiger partial charge in [0.2, 0.25) is 0 Å². The number of aromatic nitrogens is 2. The summed E-state index contributed by atoms with van der Waals surface area (Å²) >= 11 is 7.58. The highest BCUT2D eigenvalue weighted by Crippen LogP contribution is 2.43. The van der Waals surface area contributed by atoms with E-state index in [0.717, 1.165) is 29.7 Å². The molecule has 32 heavy (non-hydrogen) atoms. The highest BCUT2D eigenvalue weighted by Gasteiger charge is 2.37. The predicted octanol–water partition coefficient (Wildman–Crippen LogP) is 5.59. The maximum Gasteiger partial charge on any atom is 0.257 e. The lowest BCUT2D eigenvalue weighted by Crippen LogP contribution is -2.32. The van der Waals surface area contributed by atoms with Crippen LogP contribution in [0.3, 0.4) is 0 Å². The van der Waals surface area contributed by atoms with Crippen LogP contribution in [0, 0.1) is 6.92 Å². The summed E-state index contributed by atoms with van der Waals surface area (Å²) in [5.41, 5.74) is 5.06. The van der Waals surface area contributed by atoms with Gasteiger partial charge >= 0.3 is 0 Å². The molecule has 2 aromatic carbocycles. The number of carbonyl (C=O) groups excluding carboxylic acids is 1. The second kappa shape index (κ2) is 8.60. The maximum atomic E-state index is 13.3. The number of anilines is 1. The number of aromatic amines is 1. The second-order valence-electron chi connectivity index (χ2n) is 8.19. The number of hydrogen-bond donors (Lipinski definition) is 2. The standard InChI is InChI=1S/C25H22ClN3O2S/c1-14-5-7-15(8-6-14)13-32-25-28-23-22(24(31)29-25)20(16-9-11-17(26)12-10-16)21-18(27-23)3-2-4-19(21)30/h5-12,20H,2-4,13H2,1H3,(H2,27,28,29,31). The lowest BCUT2D eigenvalue weighted by atomic mass is 9.76. The number of nitrogens with zero attached hydrogens (tertiary/aromatic N) is 1. The average Bonchev–Trinajstić information content (AvgIpc) is 2.78. The number of rotatable bonds is 4. The van der Waals surface area contributed by atoms with E-state index >= 15 is 0 Å². The van der Waals surface area contributed by atoms with Gasteiger partial charge in [-0.2, -0.15) is 0 Å². The number of ketones is 1. The Morgan fingerprint density at radius 3 is 2.56 bits per heavy atom.